The fourth-order valence-corrected chi connectivity index (χ4v) is 5.44. The zero-order valence-electron chi connectivity index (χ0n) is 17.6. The predicted molar refractivity (Wildman–Crippen MR) is 122 cm³/mol. The number of rotatable bonds is 9. The Kier molecular flexibility index (Phi) is 6.11. The van der Waals surface area contributed by atoms with Gasteiger partial charge in [-0.1, -0.05) is 6.07 Å². The second-order valence-corrected chi connectivity index (χ2v) is 10.6. The Labute approximate surface area is 190 Å². The fourth-order valence-electron chi connectivity index (χ4n) is 3.13. The zero-order chi connectivity index (χ0) is 22.9. The highest BCUT2D eigenvalue weighted by atomic mass is 32.2. The van der Waals surface area contributed by atoms with Gasteiger partial charge in [-0.15, -0.1) is 11.3 Å². The van der Waals surface area contributed by atoms with Crippen LogP contribution in [0.25, 0.3) is 11.3 Å². The third kappa shape index (κ3) is 5.22. The van der Waals surface area contributed by atoms with Crippen LogP contribution in [-0.2, 0) is 16.4 Å². The van der Waals surface area contributed by atoms with Gasteiger partial charge in [-0.2, -0.15) is 0 Å². The number of carbonyl (C=O) groups is 1. The largest absolute Gasteiger partial charge is 0.474 e. The van der Waals surface area contributed by atoms with Crippen molar-refractivity contribution >= 4 is 32.4 Å². The van der Waals surface area contributed by atoms with Crippen LogP contribution in [0.5, 0.6) is 5.88 Å². The van der Waals surface area contributed by atoms with Crippen molar-refractivity contribution in [2.75, 3.05) is 4.72 Å². The number of benzene rings is 1. The Bertz CT molecular complexity index is 1250. The highest BCUT2D eigenvalue weighted by Crippen LogP contribution is 2.31. The molecule has 1 fully saturated rings. The van der Waals surface area contributed by atoms with E-state index in [0.29, 0.717) is 47.2 Å². The van der Waals surface area contributed by atoms with Gasteiger partial charge >= 0.3 is 0 Å². The third-order valence-corrected chi connectivity index (χ3v) is 7.51. The van der Waals surface area contributed by atoms with Crippen molar-refractivity contribution in [3.63, 3.8) is 0 Å². The number of amides is 1. The van der Waals surface area contributed by atoms with E-state index in [1.807, 2.05) is 13.8 Å². The molecule has 0 aliphatic heterocycles. The maximum absolute atomic E-state index is 12.2. The molecule has 1 amide bonds. The van der Waals surface area contributed by atoms with Crippen molar-refractivity contribution in [1.29, 1.82) is 0 Å². The Balaban J connectivity index is 1.64. The minimum atomic E-state index is -3.38. The van der Waals surface area contributed by atoms with Crippen molar-refractivity contribution in [2.24, 2.45) is 5.73 Å². The van der Waals surface area contributed by atoms with Crippen molar-refractivity contribution in [3.05, 3.63) is 52.8 Å². The number of ether oxygens (including phenoxy) is 1. The van der Waals surface area contributed by atoms with E-state index in [1.165, 1.54) is 11.3 Å². The van der Waals surface area contributed by atoms with Gasteiger partial charge in [-0.25, -0.2) is 18.4 Å². The van der Waals surface area contributed by atoms with E-state index in [2.05, 4.69) is 19.7 Å². The van der Waals surface area contributed by atoms with Gasteiger partial charge in [0.25, 0.3) is 0 Å². The summed E-state index contributed by atoms with van der Waals surface area (Å²) in [6, 6.07) is 5.10. The van der Waals surface area contributed by atoms with E-state index in [4.69, 9.17) is 10.5 Å². The average molecular weight is 474 g/mol. The Morgan fingerprint density at radius 2 is 2.06 bits per heavy atom. The summed E-state index contributed by atoms with van der Waals surface area (Å²) in [6.07, 6.45) is 4.82. The number of hydrogen-bond acceptors (Lipinski definition) is 8. The zero-order valence-corrected chi connectivity index (χ0v) is 19.2. The summed E-state index contributed by atoms with van der Waals surface area (Å²) < 4.78 is 32.5. The quantitative estimate of drug-likeness (QED) is 0.487. The molecular weight excluding hydrogens is 450 g/mol. The molecule has 3 N–H and O–H groups in total. The summed E-state index contributed by atoms with van der Waals surface area (Å²) in [6.45, 7) is 3.80. The molecule has 3 aromatic rings. The van der Waals surface area contributed by atoms with Gasteiger partial charge in [-0.05, 0) is 44.4 Å². The van der Waals surface area contributed by atoms with Crippen LogP contribution < -0.4 is 15.2 Å². The molecule has 1 aliphatic rings. The Morgan fingerprint density at radius 3 is 2.75 bits per heavy atom. The van der Waals surface area contributed by atoms with Crippen molar-refractivity contribution in [1.82, 2.24) is 15.0 Å². The Morgan fingerprint density at radius 1 is 1.28 bits per heavy atom. The van der Waals surface area contributed by atoms with E-state index in [1.54, 1.807) is 36.0 Å². The molecule has 1 aromatic carbocycles. The molecule has 32 heavy (non-hydrogen) atoms. The van der Waals surface area contributed by atoms with Crippen LogP contribution in [-0.4, -0.2) is 40.6 Å². The number of anilines is 1. The highest BCUT2D eigenvalue weighted by Gasteiger charge is 2.36. The van der Waals surface area contributed by atoms with Gasteiger partial charge in [0, 0.05) is 22.9 Å². The molecule has 11 heteroatoms. The van der Waals surface area contributed by atoms with E-state index < -0.39 is 15.9 Å². The Hall–Kier alpha value is -3.05. The molecule has 0 spiro atoms. The maximum atomic E-state index is 12.2. The molecule has 1 aliphatic carbocycles. The van der Waals surface area contributed by atoms with Crippen molar-refractivity contribution < 1.29 is 17.9 Å². The van der Waals surface area contributed by atoms with Gasteiger partial charge in [0.1, 0.15) is 0 Å². The standard InChI is InChI=1S/C21H23N5O4S2/c1-12(2)30-19-10-23-9-18(25-19)17-6-3-13(20(22)27)7-14(17)8-15-11-31-21(24-15)26-32(28,29)16-4-5-16/h3,6-7,9-12,16H,4-5,8H2,1-2H3,(H2,22,27)(H,24,26). The van der Waals surface area contributed by atoms with Crippen LogP contribution >= 0.6 is 11.3 Å². The number of thiazole rings is 1. The summed E-state index contributed by atoms with van der Waals surface area (Å²) >= 11 is 1.22. The number of nitrogens with two attached hydrogens (primary N) is 1. The van der Waals surface area contributed by atoms with Gasteiger partial charge in [0.05, 0.1) is 35.1 Å². The predicted octanol–water partition coefficient (Wildman–Crippen LogP) is 2.98. The lowest BCUT2D eigenvalue weighted by molar-refractivity contribution is 0.1000. The summed E-state index contributed by atoms with van der Waals surface area (Å²) in [4.78, 5) is 24.9. The number of nitrogens with zero attached hydrogens (tertiary/aromatic N) is 3. The molecule has 2 heterocycles. The topological polar surface area (TPSA) is 137 Å². The van der Waals surface area contributed by atoms with Gasteiger partial charge in [-0.3, -0.25) is 14.5 Å². The van der Waals surface area contributed by atoms with Crippen LogP contribution in [0.2, 0.25) is 0 Å². The molecule has 0 bridgehead atoms. The molecule has 0 unspecified atom stereocenters. The highest BCUT2D eigenvalue weighted by molar-refractivity contribution is 7.93. The lowest BCUT2D eigenvalue weighted by Crippen LogP contribution is -2.17. The molecule has 0 atom stereocenters. The van der Waals surface area contributed by atoms with Gasteiger partial charge in [0.2, 0.25) is 21.8 Å². The first-order valence-corrected chi connectivity index (χ1v) is 12.5. The SMILES string of the molecule is CC(C)Oc1cncc(-c2ccc(C(N)=O)cc2Cc2csc(NS(=O)(=O)C3CC3)n2)n1. The number of sulfonamides is 1. The van der Waals surface area contributed by atoms with Crippen LogP contribution in [0.4, 0.5) is 5.13 Å². The monoisotopic (exact) mass is 473 g/mol. The molecule has 1 saturated carbocycles. The number of primary amides is 1. The molecule has 0 radical (unpaired) electrons. The minimum absolute atomic E-state index is 0.0518. The number of aromatic nitrogens is 3. The molecule has 4 rings (SSSR count). The van der Waals surface area contributed by atoms with Gasteiger partial charge < -0.3 is 10.5 Å². The maximum Gasteiger partial charge on any atom is 0.248 e. The van der Waals surface area contributed by atoms with Crippen LogP contribution in [0.1, 0.15) is 48.3 Å². The van der Waals surface area contributed by atoms with Crippen molar-refractivity contribution in [3.8, 4) is 17.1 Å². The van der Waals surface area contributed by atoms with Crippen LogP contribution in [0.15, 0.2) is 36.0 Å². The molecule has 0 saturated heterocycles. The van der Waals surface area contributed by atoms with E-state index in [9.17, 15) is 13.2 Å². The lowest BCUT2D eigenvalue weighted by atomic mass is 9.98. The molecule has 9 nitrogen and oxygen atoms in total. The summed E-state index contributed by atoms with van der Waals surface area (Å²) in [5, 5.41) is 1.79. The second-order valence-electron chi connectivity index (χ2n) is 7.81. The third-order valence-electron chi connectivity index (χ3n) is 4.75. The summed E-state index contributed by atoms with van der Waals surface area (Å²) in [5.41, 5.74) is 8.59. The molecule has 2 aromatic heterocycles. The summed E-state index contributed by atoms with van der Waals surface area (Å²) in [7, 11) is -3.38. The first kappa shape index (κ1) is 22.2. The van der Waals surface area contributed by atoms with Crippen LogP contribution in [0, 0.1) is 0 Å². The van der Waals surface area contributed by atoms with E-state index >= 15 is 0 Å². The van der Waals surface area contributed by atoms with E-state index in [0.717, 1.165) is 11.1 Å². The minimum Gasteiger partial charge on any atom is -0.474 e. The van der Waals surface area contributed by atoms with E-state index in [-0.39, 0.29) is 11.4 Å². The number of nitrogens with one attached hydrogen (secondary N) is 1. The fraction of sp³-hybridized carbons (Fsp3) is 0.333. The molecular formula is C21H23N5O4S2. The van der Waals surface area contributed by atoms with Crippen molar-refractivity contribution in [2.45, 2.75) is 44.5 Å². The molecule has 168 valence electrons. The van der Waals surface area contributed by atoms with Crippen LogP contribution in [0.3, 0.4) is 0 Å². The number of hydrogen-bond donors (Lipinski definition) is 2. The first-order valence-electron chi connectivity index (χ1n) is 10.1. The second kappa shape index (κ2) is 8.83. The smallest absolute Gasteiger partial charge is 0.248 e. The van der Waals surface area contributed by atoms with Gasteiger partial charge in [0.15, 0.2) is 5.13 Å². The lowest BCUT2D eigenvalue weighted by Gasteiger charge is -2.12. The first-order chi connectivity index (χ1) is 15.2. The normalized spacial score (nSPS) is 13.8. The summed E-state index contributed by atoms with van der Waals surface area (Å²) in [5.74, 6) is -0.148. The average Bonchev–Trinajstić information content (AvgIpc) is 3.51. The number of carbonyl (C=O) groups excluding carboxylic acids is 1.